The molecular formula is C13H14N2O4. The van der Waals surface area contributed by atoms with Gasteiger partial charge in [-0.2, -0.15) is 0 Å². The molecule has 0 radical (unpaired) electrons. The average molecular weight is 262 g/mol. The Labute approximate surface area is 110 Å². The van der Waals surface area contributed by atoms with Gasteiger partial charge in [0.25, 0.3) is 5.69 Å². The molecule has 6 heteroatoms. The number of non-ortho nitro benzene ring substituents is 1. The summed E-state index contributed by atoms with van der Waals surface area (Å²) in [5, 5.41) is 13.8. The van der Waals surface area contributed by atoms with Crippen molar-refractivity contribution in [3.8, 4) is 5.75 Å². The van der Waals surface area contributed by atoms with Gasteiger partial charge in [0.05, 0.1) is 24.3 Å². The van der Waals surface area contributed by atoms with Crippen LogP contribution in [0.15, 0.2) is 34.7 Å². The molecule has 0 aliphatic carbocycles. The monoisotopic (exact) mass is 262 g/mol. The zero-order valence-electron chi connectivity index (χ0n) is 10.7. The third-order valence-corrected chi connectivity index (χ3v) is 2.64. The molecule has 0 spiro atoms. The summed E-state index contributed by atoms with van der Waals surface area (Å²) in [6, 6.07) is 8.12. The van der Waals surface area contributed by atoms with Gasteiger partial charge in [-0.25, -0.2) is 0 Å². The number of methoxy groups -OCH3 is 1. The molecule has 2 rings (SSSR count). The lowest BCUT2D eigenvalue weighted by molar-refractivity contribution is -0.384. The lowest BCUT2D eigenvalue weighted by Crippen LogP contribution is -2.01. The molecule has 0 atom stereocenters. The Bertz CT molecular complexity index is 592. The smallest absolute Gasteiger partial charge is 0.271 e. The highest BCUT2D eigenvalue weighted by atomic mass is 16.6. The first-order valence-corrected chi connectivity index (χ1v) is 5.72. The summed E-state index contributed by atoms with van der Waals surface area (Å²) in [6.07, 6.45) is 0. The molecule has 0 saturated carbocycles. The van der Waals surface area contributed by atoms with E-state index < -0.39 is 4.92 Å². The minimum atomic E-state index is -0.443. The van der Waals surface area contributed by atoms with Crippen LogP contribution >= 0.6 is 0 Å². The molecule has 1 aromatic carbocycles. The number of nitrogens with zero attached hydrogens (tertiary/aromatic N) is 1. The van der Waals surface area contributed by atoms with Gasteiger partial charge < -0.3 is 14.5 Å². The maximum Gasteiger partial charge on any atom is 0.271 e. The second-order valence-electron chi connectivity index (χ2n) is 4.01. The quantitative estimate of drug-likeness (QED) is 0.661. The van der Waals surface area contributed by atoms with Crippen LogP contribution in [0.1, 0.15) is 11.5 Å². The van der Waals surface area contributed by atoms with E-state index in [0.717, 1.165) is 11.5 Å². The van der Waals surface area contributed by atoms with E-state index >= 15 is 0 Å². The summed E-state index contributed by atoms with van der Waals surface area (Å²) >= 11 is 0. The molecule has 100 valence electrons. The van der Waals surface area contributed by atoms with E-state index in [4.69, 9.17) is 9.15 Å². The zero-order chi connectivity index (χ0) is 13.8. The molecule has 0 unspecified atom stereocenters. The van der Waals surface area contributed by atoms with Crippen molar-refractivity contribution in [2.24, 2.45) is 0 Å². The number of hydrogen-bond donors (Lipinski definition) is 1. The van der Waals surface area contributed by atoms with Crippen LogP contribution in [-0.2, 0) is 6.54 Å². The van der Waals surface area contributed by atoms with Crippen molar-refractivity contribution in [1.82, 2.24) is 0 Å². The van der Waals surface area contributed by atoms with Crippen molar-refractivity contribution in [1.29, 1.82) is 0 Å². The number of anilines is 1. The molecule has 0 aliphatic rings. The highest BCUT2D eigenvalue weighted by Crippen LogP contribution is 2.29. The van der Waals surface area contributed by atoms with E-state index in [1.165, 1.54) is 19.2 Å². The molecule has 0 saturated heterocycles. The number of rotatable bonds is 5. The first kappa shape index (κ1) is 12.9. The number of nitrogens with one attached hydrogen (secondary N) is 1. The van der Waals surface area contributed by atoms with Crippen molar-refractivity contribution in [3.63, 3.8) is 0 Å². The van der Waals surface area contributed by atoms with Gasteiger partial charge >= 0.3 is 0 Å². The first-order valence-electron chi connectivity index (χ1n) is 5.72. The van der Waals surface area contributed by atoms with Crippen LogP contribution in [0.4, 0.5) is 11.4 Å². The van der Waals surface area contributed by atoms with E-state index in [0.29, 0.717) is 18.0 Å². The molecule has 6 nitrogen and oxygen atoms in total. The van der Waals surface area contributed by atoms with Gasteiger partial charge in [-0.3, -0.25) is 10.1 Å². The van der Waals surface area contributed by atoms with Gasteiger partial charge in [0.15, 0.2) is 0 Å². The van der Waals surface area contributed by atoms with Crippen molar-refractivity contribution in [2.75, 3.05) is 12.4 Å². The largest absolute Gasteiger partial charge is 0.495 e. The Balaban J connectivity index is 2.17. The van der Waals surface area contributed by atoms with Crippen LogP contribution in [0.2, 0.25) is 0 Å². The van der Waals surface area contributed by atoms with E-state index in [9.17, 15) is 10.1 Å². The minimum absolute atomic E-state index is 0.0129. The van der Waals surface area contributed by atoms with Gasteiger partial charge in [0, 0.05) is 12.1 Å². The number of hydrogen-bond acceptors (Lipinski definition) is 5. The van der Waals surface area contributed by atoms with Crippen molar-refractivity contribution >= 4 is 11.4 Å². The normalized spacial score (nSPS) is 10.2. The predicted octanol–water partition coefficient (Wildman–Crippen LogP) is 3.12. The van der Waals surface area contributed by atoms with Crippen molar-refractivity contribution in [2.45, 2.75) is 13.5 Å². The fourth-order valence-corrected chi connectivity index (χ4v) is 1.71. The molecule has 1 heterocycles. The lowest BCUT2D eigenvalue weighted by Gasteiger charge is -2.09. The number of furan rings is 1. The predicted molar refractivity (Wildman–Crippen MR) is 70.4 cm³/mol. The lowest BCUT2D eigenvalue weighted by atomic mass is 10.2. The van der Waals surface area contributed by atoms with Gasteiger partial charge in [0.2, 0.25) is 0 Å². The van der Waals surface area contributed by atoms with Gasteiger partial charge in [0.1, 0.15) is 17.3 Å². The average Bonchev–Trinajstić information content (AvgIpc) is 2.81. The molecular weight excluding hydrogens is 248 g/mol. The minimum Gasteiger partial charge on any atom is -0.495 e. The summed E-state index contributed by atoms with van der Waals surface area (Å²) in [6.45, 7) is 2.29. The Morgan fingerprint density at radius 1 is 1.37 bits per heavy atom. The summed E-state index contributed by atoms with van der Waals surface area (Å²) in [5.41, 5.74) is 0.574. The van der Waals surface area contributed by atoms with Crippen LogP contribution in [0.3, 0.4) is 0 Å². The second-order valence-corrected chi connectivity index (χ2v) is 4.01. The van der Waals surface area contributed by atoms with Gasteiger partial charge in [-0.15, -0.1) is 0 Å². The summed E-state index contributed by atoms with van der Waals surface area (Å²) in [5.74, 6) is 2.13. The molecule has 1 N–H and O–H groups in total. The van der Waals surface area contributed by atoms with Crippen molar-refractivity contribution < 1.29 is 14.1 Å². The number of nitro groups is 1. The fraction of sp³-hybridized carbons (Fsp3) is 0.231. The topological polar surface area (TPSA) is 77.5 Å². The second kappa shape index (κ2) is 5.43. The summed E-state index contributed by atoms with van der Waals surface area (Å²) in [4.78, 5) is 10.3. The maximum absolute atomic E-state index is 10.7. The van der Waals surface area contributed by atoms with Crippen LogP contribution < -0.4 is 10.1 Å². The molecule has 0 fully saturated rings. The molecule has 0 bridgehead atoms. The third kappa shape index (κ3) is 3.04. The Morgan fingerprint density at radius 3 is 2.74 bits per heavy atom. The molecule has 0 aliphatic heterocycles. The Hall–Kier alpha value is -2.50. The van der Waals surface area contributed by atoms with Crippen LogP contribution in [-0.4, -0.2) is 12.0 Å². The highest BCUT2D eigenvalue weighted by molar-refractivity contribution is 5.61. The SMILES string of the molecule is COc1ccc([N+](=O)[O-])cc1NCc1ccc(C)o1. The summed E-state index contributed by atoms with van der Waals surface area (Å²) in [7, 11) is 1.52. The standard InChI is InChI=1S/C13H14N2O4/c1-9-3-5-11(19-9)8-14-12-7-10(15(16)17)4-6-13(12)18-2/h3-7,14H,8H2,1-2H3. The number of ether oxygens (including phenoxy) is 1. The molecule has 0 amide bonds. The van der Waals surface area contributed by atoms with Crippen LogP contribution in [0.25, 0.3) is 0 Å². The van der Waals surface area contributed by atoms with Crippen LogP contribution in [0.5, 0.6) is 5.75 Å². The maximum atomic E-state index is 10.7. The number of aryl methyl sites for hydroxylation is 1. The van der Waals surface area contributed by atoms with E-state index in [1.54, 1.807) is 6.07 Å². The van der Waals surface area contributed by atoms with E-state index in [1.807, 2.05) is 19.1 Å². The van der Waals surface area contributed by atoms with E-state index in [2.05, 4.69) is 5.32 Å². The Kier molecular flexibility index (Phi) is 3.70. The molecule has 19 heavy (non-hydrogen) atoms. The zero-order valence-corrected chi connectivity index (χ0v) is 10.7. The van der Waals surface area contributed by atoms with E-state index in [-0.39, 0.29) is 5.69 Å². The fourth-order valence-electron chi connectivity index (χ4n) is 1.71. The van der Waals surface area contributed by atoms with Crippen LogP contribution in [0, 0.1) is 17.0 Å². The number of nitro benzene ring substituents is 1. The van der Waals surface area contributed by atoms with Crippen molar-refractivity contribution in [3.05, 3.63) is 52.0 Å². The number of benzene rings is 1. The molecule has 2 aromatic rings. The first-order chi connectivity index (χ1) is 9.10. The van der Waals surface area contributed by atoms with Gasteiger partial charge in [-0.1, -0.05) is 0 Å². The van der Waals surface area contributed by atoms with Gasteiger partial charge in [-0.05, 0) is 25.1 Å². The Morgan fingerprint density at radius 2 is 2.16 bits per heavy atom. The highest BCUT2D eigenvalue weighted by Gasteiger charge is 2.11. The third-order valence-electron chi connectivity index (χ3n) is 2.64. The molecule has 1 aromatic heterocycles. The summed E-state index contributed by atoms with van der Waals surface area (Å²) < 4.78 is 10.6.